The van der Waals surface area contributed by atoms with E-state index in [-0.39, 0.29) is 12.2 Å². The van der Waals surface area contributed by atoms with Crippen molar-refractivity contribution < 1.29 is 5.11 Å². The number of rotatable bonds is 5. The number of aliphatic hydroxyl groups is 1. The number of fused-ring (bicyclic) bond motifs is 2. The van der Waals surface area contributed by atoms with Crippen LogP contribution in [0.2, 0.25) is 0 Å². The highest BCUT2D eigenvalue weighted by Gasteiger charge is 2.10. The highest BCUT2D eigenvalue weighted by Crippen LogP contribution is 2.26. The van der Waals surface area contributed by atoms with Gasteiger partial charge >= 0.3 is 0 Å². The molecule has 0 aliphatic heterocycles. The van der Waals surface area contributed by atoms with Gasteiger partial charge < -0.3 is 20.4 Å². The van der Waals surface area contributed by atoms with Gasteiger partial charge in [-0.15, -0.1) is 0 Å². The second kappa shape index (κ2) is 7.07. The summed E-state index contributed by atoms with van der Waals surface area (Å²) in [5.74, 6) is 0. The van der Waals surface area contributed by atoms with Gasteiger partial charge in [0.2, 0.25) is 0 Å². The molecule has 0 aliphatic carbocycles. The van der Waals surface area contributed by atoms with Gasteiger partial charge in [-0.1, -0.05) is 22.0 Å². The van der Waals surface area contributed by atoms with Crippen LogP contribution in [0.3, 0.4) is 0 Å². The van der Waals surface area contributed by atoms with E-state index in [0.717, 1.165) is 37.5 Å². The van der Waals surface area contributed by atoms with Crippen LogP contribution in [0.25, 0.3) is 33.1 Å². The van der Waals surface area contributed by atoms with E-state index in [1.165, 1.54) is 0 Å². The van der Waals surface area contributed by atoms with Crippen LogP contribution in [-0.4, -0.2) is 28.2 Å². The van der Waals surface area contributed by atoms with Crippen molar-refractivity contribution in [2.45, 2.75) is 6.54 Å². The zero-order valence-corrected chi connectivity index (χ0v) is 15.6. The normalized spacial score (nSPS) is 11.5. The van der Waals surface area contributed by atoms with Crippen LogP contribution in [-0.2, 0) is 6.54 Å². The van der Waals surface area contributed by atoms with Gasteiger partial charge in [0, 0.05) is 39.4 Å². The molecule has 2 aromatic carbocycles. The quantitative estimate of drug-likeness (QED) is 0.379. The molecule has 2 aromatic heterocycles. The first kappa shape index (κ1) is 17.0. The van der Waals surface area contributed by atoms with Crippen LogP contribution in [0.4, 0.5) is 0 Å². The molecule has 0 atom stereocenters. The molecule has 4 rings (SSSR count). The van der Waals surface area contributed by atoms with Gasteiger partial charge in [-0.25, -0.2) is 0 Å². The Morgan fingerprint density at radius 2 is 1.73 bits per heavy atom. The molecule has 26 heavy (non-hydrogen) atoms. The van der Waals surface area contributed by atoms with Crippen molar-refractivity contribution in [1.29, 1.82) is 0 Å². The third-order valence-electron chi connectivity index (χ3n) is 4.40. The molecule has 0 bridgehead atoms. The first-order valence-corrected chi connectivity index (χ1v) is 9.19. The molecule has 2 heterocycles. The molecule has 132 valence electrons. The SMILES string of the molecule is O=c1[nH]c2ccc(Br)cc2cc1-c1cc2cc(CNCCO)ccc2[nH]1. The highest BCUT2D eigenvalue weighted by molar-refractivity contribution is 9.10. The summed E-state index contributed by atoms with van der Waals surface area (Å²) in [5, 5.41) is 14.1. The monoisotopic (exact) mass is 411 g/mol. The summed E-state index contributed by atoms with van der Waals surface area (Å²) in [4.78, 5) is 18.8. The van der Waals surface area contributed by atoms with Gasteiger partial charge in [0.1, 0.15) is 0 Å². The lowest BCUT2D eigenvalue weighted by Gasteiger charge is -2.02. The summed E-state index contributed by atoms with van der Waals surface area (Å²) in [5.41, 5.74) is 4.23. The number of pyridine rings is 1. The Labute approximate surface area is 158 Å². The molecule has 0 spiro atoms. The molecule has 0 saturated heterocycles. The third kappa shape index (κ3) is 3.31. The second-order valence-corrected chi connectivity index (χ2v) is 7.16. The summed E-state index contributed by atoms with van der Waals surface area (Å²) in [6.45, 7) is 1.39. The predicted octanol–water partition coefficient (Wildman–Crippen LogP) is 3.52. The Kier molecular flexibility index (Phi) is 4.63. The molecular weight excluding hydrogens is 394 g/mol. The number of aliphatic hydroxyl groups excluding tert-OH is 1. The van der Waals surface area contributed by atoms with Crippen LogP contribution in [0.15, 0.2) is 57.8 Å². The maximum atomic E-state index is 12.5. The number of aromatic nitrogens is 2. The minimum Gasteiger partial charge on any atom is -0.395 e. The van der Waals surface area contributed by atoms with E-state index in [9.17, 15) is 4.79 Å². The molecule has 0 aliphatic rings. The number of H-pyrrole nitrogens is 2. The molecule has 6 heteroatoms. The Bertz CT molecular complexity index is 1150. The van der Waals surface area contributed by atoms with Crippen molar-refractivity contribution >= 4 is 37.7 Å². The van der Waals surface area contributed by atoms with Gasteiger partial charge in [-0.2, -0.15) is 0 Å². The van der Waals surface area contributed by atoms with E-state index in [1.807, 2.05) is 42.5 Å². The van der Waals surface area contributed by atoms with Crippen LogP contribution in [0.5, 0.6) is 0 Å². The van der Waals surface area contributed by atoms with Gasteiger partial charge in [-0.05, 0) is 48.0 Å². The lowest BCUT2D eigenvalue weighted by Crippen LogP contribution is -2.17. The van der Waals surface area contributed by atoms with Crippen molar-refractivity contribution in [3.8, 4) is 11.3 Å². The van der Waals surface area contributed by atoms with Crippen molar-refractivity contribution in [2.24, 2.45) is 0 Å². The van der Waals surface area contributed by atoms with Gasteiger partial charge in [0.05, 0.1) is 17.9 Å². The first-order valence-electron chi connectivity index (χ1n) is 8.40. The minimum atomic E-state index is -0.115. The number of hydrogen-bond donors (Lipinski definition) is 4. The number of nitrogens with one attached hydrogen (secondary N) is 3. The molecule has 0 fully saturated rings. The van der Waals surface area contributed by atoms with E-state index < -0.39 is 0 Å². The summed E-state index contributed by atoms with van der Waals surface area (Å²) >= 11 is 3.47. The Morgan fingerprint density at radius 3 is 2.58 bits per heavy atom. The van der Waals surface area contributed by atoms with Gasteiger partial charge in [0.15, 0.2) is 0 Å². The smallest absolute Gasteiger partial charge is 0.257 e. The van der Waals surface area contributed by atoms with Crippen LogP contribution in [0, 0.1) is 0 Å². The van der Waals surface area contributed by atoms with Crippen molar-refractivity contribution in [1.82, 2.24) is 15.3 Å². The average molecular weight is 412 g/mol. The molecular formula is C20H18BrN3O2. The maximum absolute atomic E-state index is 12.5. The fourth-order valence-corrected chi connectivity index (χ4v) is 3.51. The Morgan fingerprint density at radius 1 is 0.962 bits per heavy atom. The lowest BCUT2D eigenvalue weighted by molar-refractivity contribution is 0.292. The predicted molar refractivity (Wildman–Crippen MR) is 108 cm³/mol. The van der Waals surface area contributed by atoms with Gasteiger partial charge in [-0.3, -0.25) is 4.79 Å². The first-order chi connectivity index (χ1) is 12.6. The standard InChI is InChI=1S/C20H18BrN3O2/c21-15-2-4-18-14(8-15)9-16(20(26)24-18)19-10-13-7-12(11-22-5-6-25)1-3-17(13)23-19/h1-4,7-10,22-23,25H,5-6,11H2,(H,24,26). The highest BCUT2D eigenvalue weighted by atomic mass is 79.9. The number of hydrogen-bond acceptors (Lipinski definition) is 3. The minimum absolute atomic E-state index is 0.115. The molecule has 0 radical (unpaired) electrons. The van der Waals surface area contributed by atoms with E-state index >= 15 is 0 Å². The van der Waals surface area contributed by atoms with E-state index in [1.54, 1.807) is 0 Å². The zero-order valence-electron chi connectivity index (χ0n) is 14.0. The average Bonchev–Trinajstić information content (AvgIpc) is 3.05. The second-order valence-electron chi connectivity index (χ2n) is 6.25. The number of halogens is 1. The van der Waals surface area contributed by atoms with Gasteiger partial charge in [0.25, 0.3) is 5.56 Å². The molecule has 4 aromatic rings. The van der Waals surface area contributed by atoms with E-state index in [4.69, 9.17) is 5.11 Å². The molecule has 4 N–H and O–H groups in total. The van der Waals surface area contributed by atoms with Crippen molar-refractivity contribution in [3.05, 3.63) is 68.9 Å². The fourth-order valence-electron chi connectivity index (χ4n) is 3.13. The van der Waals surface area contributed by atoms with Crippen LogP contribution >= 0.6 is 15.9 Å². The Hall–Kier alpha value is -2.41. The number of benzene rings is 2. The molecule has 5 nitrogen and oxygen atoms in total. The summed E-state index contributed by atoms with van der Waals surface area (Å²) in [6.07, 6.45) is 0. The maximum Gasteiger partial charge on any atom is 0.257 e. The zero-order chi connectivity index (χ0) is 18.1. The summed E-state index contributed by atoms with van der Waals surface area (Å²) < 4.78 is 0.972. The van der Waals surface area contributed by atoms with Crippen LogP contribution in [0.1, 0.15) is 5.56 Å². The molecule has 0 unspecified atom stereocenters. The van der Waals surface area contributed by atoms with E-state index in [2.05, 4.69) is 37.3 Å². The van der Waals surface area contributed by atoms with Crippen molar-refractivity contribution in [2.75, 3.05) is 13.2 Å². The summed E-state index contributed by atoms with van der Waals surface area (Å²) in [7, 11) is 0. The molecule has 0 saturated carbocycles. The third-order valence-corrected chi connectivity index (χ3v) is 4.89. The van der Waals surface area contributed by atoms with Crippen LogP contribution < -0.4 is 10.9 Å². The van der Waals surface area contributed by atoms with Crippen molar-refractivity contribution in [3.63, 3.8) is 0 Å². The summed E-state index contributed by atoms with van der Waals surface area (Å²) in [6, 6.07) is 15.8. The molecule has 0 amide bonds. The largest absolute Gasteiger partial charge is 0.395 e. The Balaban J connectivity index is 1.75. The van der Waals surface area contributed by atoms with E-state index in [0.29, 0.717) is 18.7 Å². The topological polar surface area (TPSA) is 80.9 Å². The fraction of sp³-hybridized carbons (Fsp3) is 0.150. The lowest BCUT2D eigenvalue weighted by atomic mass is 10.1. The number of aromatic amines is 2.